The van der Waals surface area contributed by atoms with Gasteiger partial charge in [-0.1, -0.05) is 12.2 Å². The topological polar surface area (TPSA) is 63.4 Å². The summed E-state index contributed by atoms with van der Waals surface area (Å²) in [5.41, 5.74) is 4.81. The molecule has 2 N–H and O–H groups in total. The minimum Gasteiger partial charge on any atom is -0.369 e. The Bertz CT molecular complexity index is 338. The van der Waals surface area contributed by atoms with Gasteiger partial charge in [0, 0.05) is 6.42 Å². The Labute approximate surface area is 95.5 Å². The van der Waals surface area contributed by atoms with Crippen molar-refractivity contribution in [1.82, 2.24) is 4.90 Å². The molecule has 88 valence electrons. The smallest absolute Gasteiger partial charge is 0.231 e. The van der Waals surface area contributed by atoms with Crippen LogP contribution in [0, 0.1) is 0 Å². The summed E-state index contributed by atoms with van der Waals surface area (Å²) in [4.78, 5) is 25.2. The largest absolute Gasteiger partial charge is 0.369 e. The molecule has 0 aromatic heterocycles. The predicted octanol–water partition coefficient (Wildman–Crippen LogP) is 0.615. The minimum atomic E-state index is -0.429. The van der Waals surface area contributed by atoms with Crippen LogP contribution < -0.4 is 5.73 Å². The van der Waals surface area contributed by atoms with Gasteiger partial charge in [0.2, 0.25) is 5.91 Å². The molecule has 0 aromatic rings. The Balaban J connectivity index is 2.22. The summed E-state index contributed by atoms with van der Waals surface area (Å²) >= 11 is 0. The average Bonchev–Trinajstić information content (AvgIpc) is 2.50. The quantitative estimate of drug-likeness (QED) is 0.696. The van der Waals surface area contributed by atoms with E-state index in [9.17, 15) is 9.59 Å². The van der Waals surface area contributed by atoms with Crippen molar-refractivity contribution in [3.8, 4) is 0 Å². The summed E-state index contributed by atoms with van der Waals surface area (Å²) in [6, 6.07) is 0. The van der Waals surface area contributed by atoms with Gasteiger partial charge in [0.25, 0.3) is 0 Å². The lowest BCUT2D eigenvalue weighted by atomic mass is 9.86. The van der Waals surface area contributed by atoms with Crippen LogP contribution in [0.25, 0.3) is 0 Å². The molecule has 4 nitrogen and oxygen atoms in total. The van der Waals surface area contributed by atoms with Crippen LogP contribution in [-0.4, -0.2) is 35.2 Å². The molecule has 0 saturated carbocycles. The van der Waals surface area contributed by atoms with E-state index in [2.05, 4.69) is 12.2 Å². The molecule has 0 bridgehead atoms. The first-order valence-corrected chi connectivity index (χ1v) is 5.87. The Morgan fingerprint density at radius 3 is 3.06 bits per heavy atom. The van der Waals surface area contributed by atoms with Crippen LogP contribution in [0.5, 0.6) is 0 Å². The maximum atomic E-state index is 12.2. The van der Waals surface area contributed by atoms with E-state index in [0.29, 0.717) is 6.42 Å². The van der Waals surface area contributed by atoms with E-state index >= 15 is 0 Å². The van der Waals surface area contributed by atoms with Crippen LogP contribution in [0.2, 0.25) is 0 Å². The standard InChI is InChI=1S/C12H18N2O2/c13-11(16)9-14-8-4-7-12(14)6-3-1-2-5-10(12)15/h1,3H,2,4-9H2,(H2,13,16). The summed E-state index contributed by atoms with van der Waals surface area (Å²) in [6.45, 7) is 1.02. The number of carbonyl (C=O) groups is 2. The van der Waals surface area contributed by atoms with Gasteiger partial charge in [-0.05, 0) is 32.2 Å². The van der Waals surface area contributed by atoms with Crippen molar-refractivity contribution in [2.45, 2.75) is 37.6 Å². The molecule has 1 spiro atoms. The van der Waals surface area contributed by atoms with Gasteiger partial charge >= 0.3 is 0 Å². The van der Waals surface area contributed by atoms with E-state index in [0.717, 1.165) is 32.2 Å². The third kappa shape index (κ3) is 1.89. The van der Waals surface area contributed by atoms with Gasteiger partial charge < -0.3 is 5.73 Å². The zero-order valence-corrected chi connectivity index (χ0v) is 9.45. The highest BCUT2D eigenvalue weighted by molar-refractivity contribution is 5.90. The number of carbonyl (C=O) groups excluding carboxylic acids is 2. The first kappa shape index (κ1) is 11.3. The van der Waals surface area contributed by atoms with E-state index < -0.39 is 5.54 Å². The Morgan fingerprint density at radius 2 is 2.31 bits per heavy atom. The Kier molecular flexibility index (Phi) is 3.10. The van der Waals surface area contributed by atoms with Crippen molar-refractivity contribution in [1.29, 1.82) is 0 Å². The monoisotopic (exact) mass is 222 g/mol. The molecule has 0 radical (unpaired) electrons. The molecule has 16 heavy (non-hydrogen) atoms. The minimum absolute atomic E-state index is 0.208. The van der Waals surface area contributed by atoms with Crippen LogP contribution >= 0.6 is 0 Å². The number of rotatable bonds is 2. The lowest BCUT2D eigenvalue weighted by molar-refractivity contribution is -0.131. The van der Waals surface area contributed by atoms with Crippen LogP contribution in [0.3, 0.4) is 0 Å². The number of likely N-dealkylation sites (tertiary alicyclic amines) is 1. The second-order valence-electron chi connectivity index (χ2n) is 4.66. The zero-order chi connectivity index (χ0) is 11.6. The van der Waals surface area contributed by atoms with E-state index in [4.69, 9.17) is 5.73 Å². The molecule has 2 rings (SSSR count). The molecule has 1 fully saturated rings. The molecule has 1 amide bonds. The van der Waals surface area contributed by atoms with Crippen LogP contribution in [-0.2, 0) is 9.59 Å². The van der Waals surface area contributed by atoms with Gasteiger partial charge in [-0.2, -0.15) is 0 Å². The number of hydrogen-bond acceptors (Lipinski definition) is 3. The van der Waals surface area contributed by atoms with Gasteiger partial charge in [-0.3, -0.25) is 14.5 Å². The molecule has 2 aliphatic rings. The maximum absolute atomic E-state index is 12.2. The predicted molar refractivity (Wildman–Crippen MR) is 60.7 cm³/mol. The summed E-state index contributed by atoms with van der Waals surface area (Å²) in [5.74, 6) is -0.0708. The fourth-order valence-corrected chi connectivity index (χ4v) is 2.86. The highest BCUT2D eigenvalue weighted by atomic mass is 16.1. The van der Waals surface area contributed by atoms with Gasteiger partial charge in [0.15, 0.2) is 5.78 Å². The van der Waals surface area contributed by atoms with E-state index in [1.54, 1.807) is 0 Å². The molecule has 1 aliphatic carbocycles. The summed E-state index contributed by atoms with van der Waals surface area (Å²) < 4.78 is 0. The number of primary amides is 1. The molecule has 1 unspecified atom stereocenters. The van der Waals surface area contributed by atoms with Crippen molar-refractivity contribution in [2.75, 3.05) is 13.1 Å². The number of allylic oxidation sites excluding steroid dienone is 1. The number of nitrogens with two attached hydrogens (primary N) is 1. The van der Waals surface area contributed by atoms with Gasteiger partial charge in [0.1, 0.15) is 0 Å². The first-order valence-electron chi connectivity index (χ1n) is 5.87. The fraction of sp³-hybridized carbons (Fsp3) is 0.667. The summed E-state index contributed by atoms with van der Waals surface area (Å²) in [7, 11) is 0. The second kappa shape index (κ2) is 4.37. The first-order chi connectivity index (χ1) is 7.65. The summed E-state index contributed by atoms with van der Waals surface area (Å²) in [5, 5.41) is 0. The Morgan fingerprint density at radius 1 is 1.50 bits per heavy atom. The number of ketones is 1. The van der Waals surface area contributed by atoms with Crippen molar-refractivity contribution in [2.24, 2.45) is 5.73 Å². The van der Waals surface area contributed by atoms with Crippen molar-refractivity contribution in [3.05, 3.63) is 12.2 Å². The number of Topliss-reactive ketones (excluding diaryl/α,β-unsaturated/α-hetero) is 1. The molecular weight excluding hydrogens is 204 g/mol. The highest BCUT2D eigenvalue weighted by Crippen LogP contribution is 2.36. The second-order valence-corrected chi connectivity index (χ2v) is 4.66. The average molecular weight is 222 g/mol. The fourth-order valence-electron chi connectivity index (χ4n) is 2.86. The van der Waals surface area contributed by atoms with E-state index in [-0.39, 0.29) is 18.2 Å². The van der Waals surface area contributed by atoms with Gasteiger partial charge in [0.05, 0.1) is 12.1 Å². The van der Waals surface area contributed by atoms with Crippen molar-refractivity contribution < 1.29 is 9.59 Å². The number of nitrogens with zero attached hydrogens (tertiary/aromatic N) is 1. The third-order valence-electron chi connectivity index (χ3n) is 3.65. The Hall–Kier alpha value is -1.16. The van der Waals surface area contributed by atoms with Crippen molar-refractivity contribution >= 4 is 11.7 Å². The molecular formula is C12H18N2O2. The molecule has 0 aromatic carbocycles. The molecule has 1 atom stereocenters. The van der Waals surface area contributed by atoms with Gasteiger partial charge in [-0.15, -0.1) is 0 Å². The normalized spacial score (nSPS) is 30.9. The molecule has 1 heterocycles. The lowest BCUT2D eigenvalue weighted by Gasteiger charge is -2.35. The van der Waals surface area contributed by atoms with E-state index in [1.165, 1.54) is 0 Å². The van der Waals surface area contributed by atoms with Crippen LogP contribution in [0.4, 0.5) is 0 Å². The number of hydrogen-bond donors (Lipinski definition) is 1. The van der Waals surface area contributed by atoms with Crippen LogP contribution in [0.1, 0.15) is 32.1 Å². The highest BCUT2D eigenvalue weighted by Gasteiger charge is 2.46. The van der Waals surface area contributed by atoms with E-state index in [1.807, 2.05) is 4.90 Å². The summed E-state index contributed by atoms with van der Waals surface area (Å²) in [6.07, 6.45) is 8.13. The molecule has 1 saturated heterocycles. The lowest BCUT2D eigenvalue weighted by Crippen LogP contribution is -2.52. The van der Waals surface area contributed by atoms with Gasteiger partial charge in [-0.25, -0.2) is 0 Å². The molecule has 4 heteroatoms. The number of amides is 1. The third-order valence-corrected chi connectivity index (χ3v) is 3.65. The zero-order valence-electron chi connectivity index (χ0n) is 9.45. The maximum Gasteiger partial charge on any atom is 0.231 e. The van der Waals surface area contributed by atoms with Crippen molar-refractivity contribution in [3.63, 3.8) is 0 Å². The molecule has 1 aliphatic heterocycles. The van der Waals surface area contributed by atoms with Crippen LogP contribution in [0.15, 0.2) is 12.2 Å². The SMILES string of the molecule is NC(=O)CN1CCCC12CC=CCCC2=O.